The van der Waals surface area contributed by atoms with Crippen molar-refractivity contribution in [1.29, 1.82) is 0 Å². The summed E-state index contributed by atoms with van der Waals surface area (Å²) in [5.41, 5.74) is 0. The van der Waals surface area contributed by atoms with E-state index in [4.69, 9.17) is 0 Å². The van der Waals surface area contributed by atoms with Crippen LogP contribution in [0.4, 0.5) is 0 Å². The molecule has 0 aliphatic heterocycles. The highest BCUT2D eigenvalue weighted by Gasteiger charge is 1.93. The molecule has 0 aromatic carbocycles. The van der Waals surface area contributed by atoms with Crippen LogP contribution in [0.1, 0.15) is 12.2 Å². The van der Waals surface area contributed by atoms with Crippen molar-refractivity contribution in [3.05, 3.63) is 18.2 Å². The molecule has 0 atom stereocenters. The van der Waals surface area contributed by atoms with Gasteiger partial charge in [0.1, 0.15) is 12.1 Å². The molecule has 10 heavy (non-hydrogen) atoms. The van der Waals surface area contributed by atoms with Crippen molar-refractivity contribution in [1.82, 2.24) is 9.55 Å². The lowest BCUT2D eigenvalue weighted by molar-refractivity contribution is -0.108. The molecule has 0 unspecified atom stereocenters. The van der Waals surface area contributed by atoms with Crippen LogP contribution in [0, 0.1) is 6.92 Å². The van der Waals surface area contributed by atoms with E-state index in [1.165, 1.54) is 0 Å². The van der Waals surface area contributed by atoms with Crippen molar-refractivity contribution >= 4 is 6.29 Å². The lowest BCUT2D eigenvalue weighted by atomic mass is 10.4. The zero-order valence-electron chi connectivity index (χ0n) is 5.95. The number of rotatable bonds is 3. The van der Waals surface area contributed by atoms with E-state index in [0.29, 0.717) is 6.42 Å². The summed E-state index contributed by atoms with van der Waals surface area (Å²) in [6.07, 6.45) is 5.09. The third-order valence-corrected chi connectivity index (χ3v) is 1.41. The Morgan fingerprint density at radius 1 is 1.80 bits per heavy atom. The van der Waals surface area contributed by atoms with Crippen molar-refractivity contribution in [2.75, 3.05) is 0 Å². The Hall–Kier alpha value is -1.12. The molecule has 0 saturated carbocycles. The number of imidazole rings is 1. The Bertz CT molecular complexity index is 217. The summed E-state index contributed by atoms with van der Waals surface area (Å²) >= 11 is 0. The predicted molar refractivity (Wildman–Crippen MR) is 37.6 cm³/mol. The molecule has 0 amide bonds. The first-order valence-electron chi connectivity index (χ1n) is 3.26. The Labute approximate surface area is 59.7 Å². The standard InChI is InChI=1S/C7H10N2O/c1-7-8-3-5-9(7)4-2-6-10/h3,5-6H,2,4H2,1H3. The Morgan fingerprint density at radius 2 is 2.60 bits per heavy atom. The number of carbonyl (C=O) groups excluding carboxylic acids is 1. The van der Waals surface area contributed by atoms with E-state index in [1.807, 2.05) is 17.7 Å². The minimum absolute atomic E-state index is 0.567. The maximum absolute atomic E-state index is 9.98. The van der Waals surface area contributed by atoms with Crippen molar-refractivity contribution in [3.63, 3.8) is 0 Å². The van der Waals surface area contributed by atoms with Crippen LogP contribution in [0.5, 0.6) is 0 Å². The smallest absolute Gasteiger partial charge is 0.121 e. The quantitative estimate of drug-likeness (QED) is 0.578. The minimum Gasteiger partial charge on any atom is -0.335 e. The van der Waals surface area contributed by atoms with Gasteiger partial charge >= 0.3 is 0 Å². The fourth-order valence-corrected chi connectivity index (χ4v) is 0.832. The molecule has 1 rings (SSSR count). The number of aryl methyl sites for hydroxylation is 2. The maximum atomic E-state index is 9.98. The largest absolute Gasteiger partial charge is 0.335 e. The molecule has 54 valence electrons. The van der Waals surface area contributed by atoms with Gasteiger partial charge in [-0.25, -0.2) is 4.98 Å². The predicted octanol–water partition coefficient (Wildman–Crippen LogP) is 0.781. The molecular formula is C7H10N2O. The molecule has 0 bridgehead atoms. The summed E-state index contributed by atoms with van der Waals surface area (Å²) < 4.78 is 1.95. The highest BCUT2D eigenvalue weighted by molar-refractivity contribution is 5.48. The normalized spacial score (nSPS) is 9.70. The molecule has 0 saturated heterocycles. The van der Waals surface area contributed by atoms with Crippen LogP contribution in [-0.2, 0) is 11.3 Å². The van der Waals surface area contributed by atoms with Crippen LogP contribution in [0.3, 0.4) is 0 Å². The van der Waals surface area contributed by atoms with E-state index >= 15 is 0 Å². The minimum atomic E-state index is 0.567. The van der Waals surface area contributed by atoms with E-state index in [0.717, 1.165) is 18.7 Å². The van der Waals surface area contributed by atoms with Gasteiger partial charge in [0.2, 0.25) is 0 Å². The van der Waals surface area contributed by atoms with Crippen LogP contribution in [0.25, 0.3) is 0 Å². The summed E-state index contributed by atoms with van der Waals surface area (Å²) in [4.78, 5) is 14.0. The molecule has 1 aromatic rings. The molecule has 3 nitrogen and oxygen atoms in total. The van der Waals surface area contributed by atoms with Crippen molar-refractivity contribution < 1.29 is 4.79 Å². The van der Waals surface area contributed by atoms with Crippen LogP contribution in [0.15, 0.2) is 12.4 Å². The average molecular weight is 138 g/mol. The number of aromatic nitrogens is 2. The van der Waals surface area contributed by atoms with Gasteiger partial charge in [0.05, 0.1) is 0 Å². The molecule has 3 heteroatoms. The number of nitrogens with zero attached hydrogens (tertiary/aromatic N) is 2. The molecule has 0 fully saturated rings. The van der Waals surface area contributed by atoms with Gasteiger partial charge in [-0.1, -0.05) is 0 Å². The Balaban J connectivity index is 2.56. The highest BCUT2D eigenvalue weighted by Crippen LogP contribution is 1.94. The van der Waals surface area contributed by atoms with Crippen molar-refractivity contribution in [3.8, 4) is 0 Å². The second-order valence-corrected chi connectivity index (χ2v) is 2.12. The Morgan fingerprint density at radius 3 is 3.10 bits per heavy atom. The summed E-state index contributed by atoms with van der Waals surface area (Å²) in [7, 11) is 0. The van der Waals surface area contributed by atoms with E-state index < -0.39 is 0 Å². The average Bonchev–Trinajstić information content (AvgIpc) is 2.31. The van der Waals surface area contributed by atoms with Crippen LogP contribution in [-0.4, -0.2) is 15.8 Å². The van der Waals surface area contributed by atoms with Gasteiger partial charge in [-0.3, -0.25) is 0 Å². The number of hydrogen-bond donors (Lipinski definition) is 0. The first-order chi connectivity index (χ1) is 4.84. The molecule has 0 N–H and O–H groups in total. The van der Waals surface area contributed by atoms with Gasteiger partial charge in [0.15, 0.2) is 0 Å². The molecule has 0 spiro atoms. The number of hydrogen-bond acceptors (Lipinski definition) is 2. The van der Waals surface area contributed by atoms with Crippen LogP contribution >= 0.6 is 0 Å². The van der Waals surface area contributed by atoms with Crippen molar-refractivity contribution in [2.24, 2.45) is 0 Å². The Kier molecular flexibility index (Phi) is 2.20. The van der Waals surface area contributed by atoms with E-state index in [-0.39, 0.29) is 0 Å². The van der Waals surface area contributed by atoms with Gasteiger partial charge in [0, 0.05) is 25.4 Å². The SMILES string of the molecule is Cc1nccn1CCC=O. The summed E-state index contributed by atoms with van der Waals surface area (Å²) in [6.45, 7) is 2.67. The fourth-order valence-electron chi connectivity index (χ4n) is 0.832. The first-order valence-corrected chi connectivity index (χ1v) is 3.26. The van der Waals surface area contributed by atoms with Gasteiger partial charge in [-0.2, -0.15) is 0 Å². The van der Waals surface area contributed by atoms with E-state index in [2.05, 4.69) is 4.98 Å². The van der Waals surface area contributed by atoms with Gasteiger partial charge in [-0.05, 0) is 6.92 Å². The first kappa shape index (κ1) is 6.99. The van der Waals surface area contributed by atoms with E-state index in [9.17, 15) is 4.79 Å². The monoisotopic (exact) mass is 138 g/mol. The third-order valence-electron chi connectivity index (χ3n) is 1.41. The van der Waals surface area contributed by atoms with Crippen LogP contribution < -0.4 is 0 Å². The highest BCUT2D eigenvalue weighted by atomic mass is 16.1. The summed E-state index contributed by atoms with van der Waals surface area (Å²) in [6, 6.07) is 0. The number of aldehydes is 1. The molecule has 0 aliphatic rings. The van der Waals surface area contributed by atoms with Crippen LogP contribution in [0.2, 0.25) is 0 Å². The molecule has 0 radical (unpaired) electrons. The lowest BCUT2D eigenvalue weighted by Crippen LogP contribution is -1.98. The second-order valence-electron chi connectivity index (χ2n) is 2.12. The summed E-state index contributed by atoms with van der Waals surface area (Å²) in [5, 5.41) is 0. The van der Waals surface area contributed by atoms with Crippen molar-refractivity contribution in [2.45, 2.75) is 19.9 Å². The lowest BCUT2D eigenvalue weighted by Gasteiger charge is -1.98. The topological polar surface area (TPSA) is 34.9 Å². The fraction of sp³-hybridized carbons (Fsp3) is 0.429. The zero-order chi connectivity index (χ0) is 7.40. The number of carbonyl (C=O) groups is 1. The molecule has 0 aliphatic carbocycles. The van der Waals surface area contributed by atoms with E-state index in [1.54, 1.807) is 6.20 Å². The second kappa shape index (κ2) is 3.15. The van der Waals surface area contributed by atoms with Gasteiger partial charge < -0.3 is 9.36 Å². The third kappa shape index (κ3) is 1.43. The summed E-state index contributed by atoms with van der Waals surface area (Å²) in [5.74, 6) is 0.960. The molecule has 1 aromatic heterocycles. The van der Waals surface area contributed by atoms with Gasteiger partial charge in [-0.15, -0.1) is 0 Å². The molecular weight excluding hydrogens is 128 g/mol. The zero-order valence-corrected chi connectivity index (χ0v) is 5.95. The van der Waals surface area contributed by atoms with Gasteiger partial charge in [0.25, 0.3) is 0 Å². The maximum Gasteiger partial charge on any atom is 0.121 e. The molecule has 1 heterocycles.